The number of benzene rings is 1. The second-order valence-electron chi connectivity index (χ2n) is 4.58. The predicted octanol–water partition coefficient (Wildman–Crippen LogP) is 1.15. The Bertz CT molecular complexity index is 546. The van der Waals surface area contributed by atoms with Crippen LogP contribution in [0.15, 0.2) is 18.2 Å². The van der Waals surface area contributed by atoms with Gasteiger partial charge in [0.25, 0.3) is 0 Å². The van der Waals surface area contributed by atoms with Crippen molar-refractivity contribution < 1.29 is 9.59 Å². The minimum atomic E-state index is -0.460. The van der Waals surface area contributed by atoms with E-state index in [2.05, 4.69) is 21.5 Å². The average Bonchev–Trinajstić information content (AvgIpc) is 2.41. The van der Waals surface area contributed by atoms with E-state index in [4.69, 9.17) is 12.2 Å². The molecule has 0 aliphatic rings. The van der Waals surface area contributed by atoms with Crippen LogP contribution >= 0.6 is 12.2 Å². The molecule has 0 saturated carbocycles. The van der Waals surface area contributed by atoms with Crippen LogP contribution in [0.5, 0.6) is 0 Å². The number of carbonyl (C=O) groups excluding carboxylic acids is 2. The van der Waals surface area contributed by atoms with Crippen LogP contribution in [0.1, 0.15) is 24.5 Å². The first-order valence-electron chi connectivity index (χ1n) is 6.62. The molecule has 0 aliphatic heterocycles. The molecule has 21 heavy (non-hydrogen) atoms. The Balaban J connectivity index is 2.44. The molecule has 0 saturated heterocycles. The quantitative estimate of drug-likeness (QED) is 0.381. The number of hydrogen-bond acceptors (Lipinski definition) is 3. The lowest BCUT2D eigenvalue weighted by molar-refractivity contribution is -0.127. The molecular weight excluding hydrogens is 288 g/mol. The number of rotatable bonds is 4. The molecule has 2 amide bonds. The lowest BCUT2D eigenvalue weighted by atomic mass is 10.1. The maximum Gasteiger partial charge on any atom is 0.247 e. The Morgan fingerprint density at radius 2 is 1.86 bits per heavy atom. The van der Waals surface area contributed by atoms with Gasteiger partial charge in [-0.2, -0.15) is 0 Å². The van der Waals surface area contributed by atoms with Gasteiger partial charge in [-0.25, -0.2) is 0 Å². The first-order chi connectivity index (χ1) is 9.92. The number of aryl methyl sites for hydroxylation is 2. The van der Waals surface area contributed by atoms with E-state index in [0.29, 0.717) is 17.3 Å². The topological polar surface area (TPSA) is 82.3 Å². The molecule has 0 unspecified atom stereocenters. The fourth-order valence-electron chi connectivity index (χ4n) is 1.59. The van der Waals surface area contributed by atoms with Crippen LogP contribution in [0.25, 0.3) is 0 Å². The molecule has 0 aromatic heterocycles. The van der Waals surface area contributed by atoms with Gasteiger partial charge < -0.3 is 10.6 Å². The third kappa shape index (κ3) is 6.22. The van der Waals surface area contributed by atoms with Crippen LogP contribution in [0.3, 0.4) is 0 Å². The van der Waals surface area contributed by atoms with Crippen molar-refractivity contribution in [3.05, 3.63) is 29.3 Å². The van der Waals surface area contributed by atoms with Crippen molar-refractivity contribution in [3.63, 3.8) is 0 Å². The molecule has 0 spiro atoms. The number of anilines is 1. The van der Waals surface area contributed by atoms with Crippen molar-refractivity contribution in [2.24, 2.45) is 0 Å². The molecule has 0 radical (unpaired) electrons. The molecule has 0 bridgehead atoms. The van der Waals surface area contributed by atoms with Gasteiger partial charge in [0.1, 0.15) is 6.42 Å². The summed E-state index contributed by atoms with van der Waals surface area (Å²) in [4.78, 5) is 23.4. The maximum absolute atomic E-state index is 11.8. The van der Waals surface area contributed by atoms with Crippen LogP contribution in [-0.4, -0.2) is 23.5 Å². The molecule has 6 nitrogen and oxygen atoms in total. The van der Waals surface area contributed by atoms with Crippen LogP contribution in [0, 0.1) is 13.8 Å². The Kier molecular flexibility index (Phi) is 6.61. The van der Waals surface area contributed by atoms with E-state index < -0.39 is 5.91 Å². The van der Waals surface area contributed by atoms with Gasteiger partial charge in [-0.1, -0.05) is 12.1 Å². The van der Waals surface area contributed by atoms with Crippen molar-refractivity contribution in [3.8, 4) is 0 Å². The molecule has 0 aliphatic carbocycles. The van der Waals surface area contributed by atoms with Gasteiger partial charge in [0, 0.05) is 12.2 Å². The zero-order chi connectivity index (χ0) is 15.8. The summed E-state index contributed by atoms with van der Waals surface area (Å²) >= 11 is 4.88. The zero-order valence-corrected chi connectivity index (χ0v) is 13.2. The fourth-order valence-corrected chi connectivity index (χ4v) is 1.78. The number of thiocarbonyl (C=S) groups is 1. The summed E-state index contributed by atoms with van der Waals surface area (Å²) in [6.07, 6.45) is -0.283. The minimum Gasteiger partial charge on any atom is -0.362 e. The number of nitrogens with one attached hydrogen (secondary N) is 4. The van der Waals surface area contributed by atoms with Crippen molar-refractivity contribution >= 4 is 34.8 Å². The second kappa shape index (κ2) is 8.21. The van der Waals surface area contributed by atoms with Gasteiger partial charge in [0.15, 0.2) is 5.11 Å². The highest BCUT2D eigenvalue weighted by Crippen LogP contribution is 2.16. The smallest absolute Gasteiger partial charge is 0.247 e. The summed E-state index contributed by atoms with van der Waals surface area (Å²) in [6, 6.07) is 5.74. The summed E-state index contributed by atoms with van der Waals surface area (Å²) in [7, 11) is 0. The van der Waals surface area contributed by atoms with Crippen molar-refractivity contribution in [2.45, 2.75) is 27.2 Å². The van der Waals surface area contributed by atoms with E-state index in [1.165, 1.54) is 0 Å². The number of hydrogen-bond donors (Lipinski definition) is 4. The Morgan fingerprint density at radius 3 is 2.52 bits per heavy atom. The Labute approximate surface area is 129 Å². The maximum atomic E-state index is 11.8. The summed E-state index contributed by atoms with van der Waals surface area (Å²) in [6.45, 7) is 6.36. The van der Waals surface area contributed by atoms with Crippen molar-refractivity contribution in [2.75, 3.05) is 11.9 Å². The summed E-state index contributed by atoms with van der Waals surface area (Å²) in [5.74, 6) is -0.838. The highest BCUT2D eigenvalue weighted by molar-refractivity contribution is 7.80. The van der Waals surface area contributed by atoms with Gasteiger partial charge >= 0.3 is 0 Å². The van der Waals surface area contributed by atoms with Crippen LogP contribution in [0.2, 0.25) is 0 Å². The number of hydrazine groups is 1. The number of amides is 2. The molecule has 1 rings (SSSR count). The van der Waals surface area contributed by atoms with Crippen LogP contribution in [-0.2, 0) is 9.59 Å². The largest absolute Gasteiger partial charge is 0.362 e. The summed E-state index contributed by atoms with van der Waals surface area (Å²) in [5.41, 5.74) is 7.57. The Hall–Kier alpha value is -2.15. The van der Waals surface area contributed by atoms with Gasteiger partial charge in [-0.15, -0.1) is 0 Å². The zero-order valence-electron chi connectivity index (χ0n) is 12.4. The lowest BCUT2D eigenvalue weighted by Crippen LogP contribution is -2.47. The highest BCUT2D eigenvalue weighted by Gasteiger charge is 2.11. The normalized spacial score (nSPS) is 9.67. The van der Waals surface area contributed by atoms with E-state index in [-0.39, 0.29) is 12.3 Å². The molecule has 0 heterocycles. The summed E-state index contributed by atoms with van der Waals surface area (Å²) < 4.78 is 0. The molecule has 4 N–H and O–H groups in total. The van der Waals surface area contributed by atoms with Gasteiger partial charge in [0.2, 0.25) is 11.8 Å². The molecular formula is C14H20N4O2S. The summed E-state index contributed by atoms with van der Waals surface area (Å²) in [5, 5.41) is 5.84. The fraction of sp³-hybridized carbons (Fsp3) is 0.357. The van der Waals surface area contributed by atoms with Gasteiger partial charge in [0.05, 0.1) is 0 Å². The van der Waals surface area contributed by atoms with Crippen molar-refractivity contribution in [1.82, 2.24) is 16.2 Å². The third-order valence-electron chi connectivity index (χ3n) is 2.64. The molecule has 0 fully saturated rings. The van der Waals surface area contributed by atoms with Gasteiger partial charge in [-0.3, -0.25) is 20.4 Å². The lowest BCUT2D eigenvalue weighted by Gasteiger charge is -2.11. The standard InChI is InChI=1S/C14H20N4O2S/c1-4-15-14(21)18-17-13(20)8-12(19)16-11-7-9(2)5-6-10(11)3/h5-7H,4,8H2,1-3H3,(H,16,19)(H,17,20)(H2,15,18,21). The second-order valence-corrected chi connectivity index (χ2v) is 4.98. The monoisotopic (exact) mass is 308 g/mol. The van der Waals surface area contributed by atoms with Crippen LogP contribution in [0.4, 0.5) is 5.69 Å². The number of carbonyl (C=O) groups is 2. The Morgan fingerprint density at radius 1 is 1.14 bits per heavy atom. The first kappa shape index (κ1) is 16.9. The SMILES string of the molecule is CCNC(=S)NNC(=O)CC(=O)Nc1cc(C)ccc1C. The van der Waals surface area contributed by atoms with E-state index in [1.54, 1.807) is 0 Å². The molecule has 114 valence electrons. The molecule has 1 aromatic rings. The van der Waals surface area contributed by atoms with Crippen molar-refractivity contribution in [1.29, 1.82) is 0 Å². The van der Waals surface area contributed by atoms with E-state index >= 15 is 0 Å². The van der Waals surface area contributed by atoms with E-state index in [9.17, 15) is 9.59 Å². The first-order valence-corrected chi connectivity index (χ1v) is 7.03. The van der Waals surface area contributed by atoms with Gasteiger partial charge in [-0.05, 0) is 50.2 Å². The van der Waals surface area contributed by atoms with E-state index in [1.807, 2.05) is 39.0 Å². The highest BCUT2D eigenvalue weighted by atomic mass is 32.1. The third-order valence-corrected chi connectivity index (χ3v) is 2.89. The molecule has 0 atom stereocenters. The minimum absolute atomic E-state index is 0.283. The predicted molar refractivity (Wildman–Crippen MR) is 86.7 cm³/mol. The molecule has 7 heteroatoms. The average molecular weight is 308 g/mol. The molecule has 1 aromatic carbocycles. The van der Waals surface area contributed by atoms with E-state index in [0.717, 1.165) is 11.1 Å². The van der Waals surface area contributed by atoms with Crippen LogP contribution < -0.4 is 21.5 Å².